The normalized spacial score (nSPS) is 42.2. The summed E-state index contributed by atoms with van der Waals surface area (Å²) >= 11 is 0. The van der Waals surface area contributed by atoms with E-state index >= 15 is 0 Å². The van der Waals surface area contributed by atoms with Crippen molar-refractivity contribution in [1.29, 1.82) is 0 Å². The fourth-order valence-electron chi connectivity index (χ4n) is 1.62. The van der Waals surface area contributed by atoms with Crippen LogP contribution in [-0.4, -0.2) is 71.7 Å². The summed E-state index contributed by atoms with van der Waals surface area (Å²) < 4.78 is 43.4. The first-order valence-electron chi connectivity index (χ1n) is 4.95. The van der Waals surface area contributed by atoms with Crippen LogP contribution in [0.25, 0.3) is 0 Å². The maximum Gasteiger partial charge on any atom is 0.476 e. The molecule has 0 amide bonds. The summed E-state index contributed by atoms with van der Waals surface area (Å²) in [6.07, 6.45) is -10.2. The van der Waals surface area contributed by atoms with Gasteiger partial charge in [-0.15, -0.1) is 0 Å². The Kier molecular flexibility index (Phi) is 5.13. The molecule has 1 fully saturated rings. The number of aliphatic hydroxyl groups is 4. The maximum absolute atomic E-state index is 13.2. The van der Waals surface area contributed by atoms with Gasteiger partial charge in [0, 0.05) is 0 Å². The van der Waals surface area contributed by atoms with Gasteiger partial charge in [-0.3, -0.25) is 4.57 Å². The quantitative estimate of drug-likeness (QED) is 0.264. The maximum atomic E-state index is 13.2. The van der Waals surface area contributed by atoms with Crippen molar-refractivity contribution in [3.8, 4) is 0 Å². The molecule has 0 bridgehead atoms. The molecule has 7 N–H and O–H groups in total. The van der Waals surface area contributed by atoms with Gasteiger partial charge >= 0.3 is 15.4 Å². The molecule has 1 rings (SSSR count). The summed E-state index contributed by atoms with van der Waals surface area (Å²) in [6.45, 7) is -1.61. The van der Waals surface area contributed by atoms with Gasteiger partial charge in [0.2, 0.25) is 5.34 Å². The van der Waals surface area contributed by atoms with Crippen molar-refractivity contribution in [2.24, 2.45) is 0 Å². The summed E-state index contributed by atoms with van der Waals surface area (Å²) in [4.78, 5) is 26.5. The van der Waals surface area contributed by atoms with Crippen molar-refractivity contribution in [3.63, 3.8) is 0 Å². The smallest absolute Gasteiger partial charge is 0.393 e. The molecule has 0 aromatic carbocycles. The number of hydrogen-bond acceptors (Lipinski definition) is 8. The zero-order chi connectivity index (χ0) is 15.9. The first-order chi connectivity index (χ1) is 8.88. The van der Waals surface area contributed by atoms with Crippen molar-refractivity contribution in [2.75, 3.05) is 6.61 Å². The molecule has 1 saturated heterocycles. The third-order valence-corrected chi connectivity index (χ3v) is 5.84. The second kappa shape index (κ2) is 5.67. The average Bonchev–Trinajstić information content (AvgIpc) is 2.28. The van der Waals surface area contributed by atoms with E-state index in [0.717, 1.165) is 0 Å². The lowest BCUT2D eigenvalue weighted by Gasteiger charge is -2.46. The van der Waals surface area contributed by atoms with E-state index in [0.29, 0.717) is 0 Å². The van der Waals surface area contributed by atoms with Gasteiger partial charge in [-0.25, -0.2) is 13.3 Å². The Morgan fingerprint density at radius 2 is 1.70 bits per heavy atom. The van der Waals surface area contributed by atoms with Gasteiger partial charge in [-0.05, 0) is 0 Å². The highest BCUT2D eigenvalue weighted by molar-refractivity contribution is 7.64. The van der Waals surface area contributed by atoms with E-state index in [2.05, 4.69) is 9.05 Å². The first-order valence-corrected chi connectivity index (χ1v) is 8.05. The number of alkyl halides is 1. The lowest BCUT2D eigenvalue weighted by atomic mass is 10.00. The highest BCUT2D eigenvalue weighted by atomic mass is 31.3. The summed E-state index contributed by atoms with van der Waals surface area (Å²) in [5.41, 5.74) is 0. The van der Waals surface area contributed by atoms with E-state index < -0.39 is 52.0 Å². The van der Waals surface area contributed by atoms with E-state index in [4.69, 9.17) is 20.0 Å². The van der Waals surface area contributed by atoms with Crippen LogP contribution < -0.4 is 0 Å². The van der Waals surface area contributed by atoms with Gasteiger partial charge in [-0.1, -0.05) is 0 Å². The second-order valence-corrected chi connectivity index (χ2v) is 7.42. The van der Waals surface area contributed by atoms with Crippen LogP contribution in [0.15, 0.2) is 0 Å². The molecule has 1 aliphatic rings. The van der Waals surface area contributed by atoms with Crippen LogP contribution in [0.3, 0.4) is 0 Å². The minimum absolute atomic E-state index is 1.61. The van der Waals surface area contributed by atoms with Crippen molar-refractivity contribution in [3.05, 3.63) is 0 Å². The van der Waals surface area contributed by atoms with Gasteiger partial charge < -0.3 is 39.8 Å². The molecule has 1 unspecified atom stereocenters. The molecule has 1 aliphatic heterocycles. The third kappa shape index (κ3) is 3.11. The molecule has 6 atom stereocenters. The molecule has 0 spiro atoms. The van der Waals surface area contributed by atoms with Crippen molar-refractivity contribution in [2.45, 2.75) is 30.0 Å². The fourth-order valence-corrected chi connectivity index (χ4v) is 4.23. The van der Waals surface area contributed by atoms with E-state index in [1.165, 1.54) is 0 Å². The SMILES string of the molecule is O=P(O)(O)OP(=O)(O)[C@]1(CO)O[C@H](O)[C@H](F)[C@@H](O)[C@H]1O. The van der Waals surface area contributed by atoms with Crippen molar-refractivity contribution >= 4 is 15.4 Å². The number of ether oxygens (including phenoxy) is 1. The number of rotatable bonds is 4. The summed E-state index contributed by atoms with van der Waals surface area (Å²) in [7, 11) is -11.2. The predicted molar refractivity (Wildman–Crippen MR) is 56.8 cm³/mol. The molecule has 20 heavy (non-hydrogen) atoms. The Morgan fingerprint density at radius 3 is 2.10 bits per heavy atom. The van der Waals surface area contributed by atoms with Crippen LogP contribution in [0, 0.1) is 0 Å². The van der Waals surface area contributed by atoms with Crippen LogP contribution >= 0.6 is 15.4 Å². The van der Waals surface area contributed by atoms with E-state index in [1.54, 1.807) is 0 Å². The van der Waals surface area contributed by atoms with Crippen LogP contribution in [-0.2, 0) is 18.2 Å². The summed E-state index contributed by atoms with van der Waals surface area (Å²) in [6, 6.07) is 0. The first kappa shape index (κ1) is 18.1. The minimum Gasteiger partial charge on any atom is -0.393 e. The fraction of sp³-hybridized carbons (Fsp3) is 1.00. The number of phosphoric acid groups is 1. The zero-order valence-corrected chi connectivity index (χ0v) is 11.3. The summed E-state index contributed by atoms with van der Waals surface area (Å²) in [5, 5.41) is 33.8. The van der Waals surface area contributed by atoms with Crippen LogP contribution in [0.4, 0.5) is 4.39 Å². The standard InChI is InChI=1S/C6H13FO11P2/c7-2-3(9)4(10)6(1-8,17-5(2)11)19(12,13)18-20(14,15)16/h2-5,8-11H,1H2,(H,12,13)(H2,14,15,16)/t2-,3-,4-,5+,6+/m1/s1. The molecular formula is C6H13FO11P2. The van der Waals surface area contributed by atoms with E-state index in [9.17, 15) is 28.6 Å². The van der Waals surface area contributed by atoms with Gasteiger partial charge in [-0.2, -0.15) is 0 Å². The summed E-state index contributed by atoms with van der Waals surface area (Å²) in [5.74, 6) is 0. The molecule has 0 aromatic heterocycles. The number of aliphatic hydroxyl groups excluding tert-OH is 4. The van der Waals surface area contributed by atoms with Crippen LogP contribution in [0.5, 0.6) is 0 Å². The third-order valence-electron chi connectivity index (χ3n) is 2.63. The minimum atomic E-state index is -5.65. The molecule has 11 nitrogen and oxygen atoms in total. The molecule has 14 heteroatoms. The molecule has 1 heterocycles. The van der Waals surface area contributed by atoms with Gasteiger partial charge in [0.25, 0.3) is 0 Å². The van der Waals surface area contributed by atoms with E-state index in [1.807, 2.05) is 0 Å². The lowest BCUT2D eigenvalue weighted by Crippen LogP contribution is -2.64. The number of hydrogen-bond donors (Lipinski definition) is 7. The van der Waals surface area contributed by atoms with Crippen molar-refractivity contribution < 1.29 is 57.7 Å². The van der Waals surface area contributed by atoms with Gasteiger partial charge in [0.1, 0.15) is 12.2 Å². The van der Waals surface area contributed by atoms with Crippen LogP contribution in [0.2, 0.25) is 0 Å². The molecule has 0 aliphatic carbocycles. The Balaban J connectivity index is 3.26. The predicted octanol–water partition coefficient (Wildman–Crippen LogP) is -2.62. The lowest BCUT2D eigenvalue weighted by molar-refractivity contribution is -0.291. The highest BCUT2D eigenvalue weighted by Gasteiger charge is 2.65. The molecule has 0 saturated carbocycles. The van der Waals surface area contributed by atoms with Gasteiger partial charge in [0.05, 0.1) is 6.61 Å². The van der Waals surface area contributed by atoms with Gasteiger partial charge in [0.15, 0.2) is 12.5 Å². The molecule has 120 valence electrons. The monoisotopic (exact) mass is 342 g/mol. The zero-order valence-electron chi connectivity index (χ0n) is 9.55. The average molecular weight is 342 g/mol. The Bertz CT molecular complexity index is 452. The molecular weight excluding hydrogens is 329 g/mol. The number of halogens is 1. The van der Waals surface area contributed by atoms with Crippen molar-refractivity contribution in [1.82, 2.24) is 0 Å². The second-order valence-electron chi connectivity index (χ2n) is 3.98. The Morgan fingerprint density at radius 1 is 1.20 bits per heavy atom. The topological polar surface area (TPSA) is 194 Å². The highest BCUT2D eigenvalue weighted by Crippen LogP contribution is 2.67. The Hall–Kier alpha value is 0.0300. The largest absolute Gasteiger partial charge is 0.476 e. The Labute approximate surface area is 111 Å². The van der Waals surface area contributed by atoms with Crippen LogP contribution in [0.1, 0.15) is 0 Å². The molecule has 0 radical (unpaired) electrons. The van der Waals surface area contributed by atoms with E-state index in [-0.39, 0.29) is 0 Å². The molecule has 0 aromatic rings.